The van der Waals surface area contributed by atoms with E-state index in [1.807, 2.05) is 12.3 Å². The molecule has 1 aromatic carbocycles. The summed E-state index contributed by atoms with van der Waals surface area (Å²) in [5.74, 6) is -1.25. The van der Waals surface area contributed by atoms with Gasteiger partial charge < -0.3 is 41.2 Å². The quantitative estimate of drug-likeness (QED) is 0.271. The molecule has 12 nitrogen and oxygen atoms in total. The van der Waals surface area contributed by atoms with Crippen molar-refractivity contribution in [3.8, 4) is 0 Å². The summed E-state index contributed by atoms with van der Waals surface area (Å²) >= 11 is 0. The van der Waals surface area contributed by atoms with E-state index in [1.165, 1.54) is 23.4 Å². The average molecular weight is 434 g/mol. The number of benzene rings is 1. The van der Waals surface area contributed by atoms with Crippen molar-refractivity contribution in [3.05, 3.63) is 47.7 Å². The molecule has 12 heteroatoms. The minimum absolute atomic E-state index is 0.0352. The van der Waals surface area contributed by atoms with Crippen LogP contribution in [0.4, 0.5) is 4.79 Å². The van der Waals surface area contributed by atoms with Gasteiger partial charge in [-0.1, -0.05) is 23.4 Å². The lowest BCUT2D eigenvalue weighted by atomic mass is 10.2. The summed E-state index contributed by atoms with van der Waals surface area (Å²) in [7, 11) is 0. The molecule has 2 amide bonds. The fraction of sp³-hybridized carbons (Fsp3) is 0.368. The molecule has 0 aliphatic rings. The first-order valence-electron chi connectivity index (χ1n) is 9.39. The number of nitrogens with one attached hydrogen (secondary N) is 3. The molecule has 2 unspecified atom stereocenters. The van der Waals surface area contributed by atoms with Gasteiger partial charge in [-0.05, 0) is 25.5 Å². The number of fused-ring (bicyclic) bond motifs is 1. The van der Waals surface area contributed by atoms with Gasteiger partial charge in [-0.25, -0.2) is 9.59 Å². The van der Waals surface area contributed by atoms with Crippen molar-refractivity contribution in [2.75, 3.05) is 6.61 Å². The number of amides is 2. The fourth-order valence-corrected chi connectivity index (χ4v) is 2.53. The van der Waals surface area contributed by atoms with Crippen molar-refractivity contribution in [2.45, 2.75) is 38.6 Å². The molecule has 0 radical (unpaired) electrons. The molecule has 31 heavy (non-hydrogen) atoms. The van der Waals surface area contributed by atoms with Crippen LogP contribution in [-0.4, -0.2) is 61.2 Å². The van der Waals surface area contributed by atoms with Crippen molar-refractivity contribution in [1.82, 2.24) is 25.8 Å². The van der Waals surface area contributed by atoms with Crippen molar-refractivity contribution in [2.24, 2.45) is 5.73 Å². The second-order valence-corrected chi connectivity index (χ2v) is 6.74. The summed E-state index contributed by atoms with van der Waals surface area (Å²) in [5, 5.41) is 36.0. The monoisotopic (exact) mass is 434 g/mol. The molecule has 0 aliphatic carbocycles. The van der Waals surface area contributed by atoms with Gasteiger partial charge in [0.25, 0.3) is 0 Å². The molecule has 2 aromatic heterocycles. The average Bonchev–Trinajstić information content (AvgIpc) is 3.37. The van der Waals surface area contributed by atoms with Crippen molar-refractivity contribution in [1.29, 1.82) is 0 Å². The summed E-state index contributed by atoms with van der Waals surface area (Å²) in [5.41, 5.74) is 8.01. The Kier molecular flexibility index (Phi) is 8.49. The summed E-state index contributed by atoms with van der Waals surface area (Å²) in [6.07, 6.45) is 0.774. The number of aliphatic carboxylic acids is 1. The Morgan fingerprint density at radius 2 is 2.03 bits per heavy atom. The number of carboxylic acids is 1. The number of urea groups is 1. The van der Waals surface area contributed by atoms with E-state index >= 15 is 0 Å². The molecule has 8 N–H and O–H groups in total. The number of rotatable bonds is 7. The molecule has 0 saturated heterocycles. The van der Waals surface area contributed by atoms with Crippen LogP contribution in [0.25, 0.3) is 10.9 Å². The van der Waals surface area contributed by atoms with E-state index in [0.29, 0.717) is 0 Å². The van der Waals surface area contributed by atoms with Crippen LogP contribution in [-0.2, 0) is 11.3 Å². The topological polar surface area (TPSA) is 200 Å². The minimum Gasteiger partial charge on any atom is -0.480 e. The Morgan fingerprint density at radius 1 is 1.32 bits per heavy atom. The number of H-pyrrole nitrogens is 1. The van der Waals surface area contributed by atoms with E-state index in [1.54, 1.807) is 0 Å². The van der Waals surface area contributed by atoms with Crippen LogP contribution in [0.2, 0.25) is 0 Å². The number of hydrogen-bond acceptors (Lipinski definition) is 8. The van der Waals surface area contributed by atoms with Gasteiger partial charge in [0.05, 0.1) is 25.3 Å². The normalized spacial score (nSPS) is 13.6. The van der Waals surface area contributed by atoms with Gasteiger partial charge in [-0.2, -0.15) is 4.98 Å². The molecule has 3 aromatic rings. The zero-order chi connectivity index (χ0) is 23.0. The highest BCUT2D eigenvalue weighted by Gasteiger charge is 2.25. The number of aromatic nitrogens is 3. The second kappa shape index (κ2) is 11.1. The van der Waals surface area contributed by atoms with E-state index in [-0.39, 0.29) is 24.9 Å². The van der Waals surface area contributed by atoms with Gasteiger partial charge in [0.1, 0.15) is 0 Å². The van der Waals surface area contributed by atoms with E-state index in [2.05, 4.69) is 50.9 Å². The Labute approximate surface area is 177 Å². The van der Waals surface area contributed by atoms with E-state index in [9.17, 15) is 14.7 Å². The maximum Gasteiger partial charge on any atom is 0.328 e. The van der Waals surface area contributed by atoms with Crippen molar-refractivity contribution in [3.63, 3.8) is 0 Å². The number of aliphatic hydroxyl groups excluding tert-OH is 2. The first-order valence-corrected chi connectivity index (χ1v) is 9.39. The van der Waals surface area contributed by atoms with Crippen LogP contribution in [0.1, 0.15) is 30.2 Å². The summed E-state index contributed by atoms with van der Waals surface area (Å²) in [4.78, 5) is 29.3. The second-order valence-electron chi connectivity index (χ2n) is 6.74. The highest BCUT2D eigenvalue weighted by molar-refractivity contribution is 5.83. The van der Waals surface area contributed by atoms with E-state index < -0.39 is 30.2 Å². The predicted molar refractivity (Wildman–Crippen MR) is 110 cm³/mol. The molecule has 168 valence electrons. The lowest BCUT2D eigenvalue weighted by Crippen LogP contribution is -2.51. The third kappa shape index (κ3) is 6.77. The first kappa shape index (κ1) is 23.8. The molecule has 0 aliphatic heterocycles. The van der Waals surface area contributed by atoms with Gasteiger partial charge in [0.2, 0.25) is 5.89 Å². The number of para-hydroxylation sites is 1. The number of carboxylic acid groups (broad SMARTS) is 1. The number of carbonyl (C=O) groups is 2. The number of aromatic amines is 1. The standard InChI is InChI=1S/C10H17N5O6.C9H9N/c1-4(17)7(9(18)19)14-10(20)12-2-6-13-8(15-21-6)5(11)3-16;1-7-6-10-9-5-3-2-4-8(7)9/h4-5,7,16-17H,2-3,11H2,1H3,(H,18,19)(H2,12,14,20);2-6,10H,1H3/t4?,5-,7?;/m0./s1. The molecule has 3 rings (SSSR count). The number of carbonyl (C=O) groups excluding carboxylic acids is 1. The van der Waals surface area contributed by atoms with E-state index in [4.69, 9.17) is 20.5 Å². The number of hydrogen-bond donors (Lipinski definition) is 7. The van der Waals surface area contributed by atoms with Gasteiger partial charge in [-0.15, -0.1) is 0 Å². The van der Waals surface area contributed by atoms with E-state index in [0.717, 1.165) is 0 Å². The smallest absolute Gasteiger partial charge is 0.328 e. The molecule has 3 atom stereocenters. The Bertz CT molecular complexity index is 1000. The number of nitrogens with two attached hydrogens (primary N) is 1. The van der Waals surface area contributed by atoms with Gasteiger partial charge >= 0.3 is 12.0 Å². The maximum atomic E-state index is 11.5. The zero-order valence-electron chi connectivity index (χ0n) is 17.1. The highest BCUT2D eigenvalue weighted by atomic mass is 16.5. The minimum atomic E-state index is -1.44. The van der Waals surface area contributed by atoms with Crippen molar-refractivity contribution >= 4 is 22.9 Å². The molecule has 0 spiro atoms. The van der Waals surface area contributed by atoms with Crippen LogP contribution in [0.5, 0.6) is 0 Å². The molecule has 2 heterocycles. The highest BCUT2D eigenvalue weighted by Crippen LogP contribution is 2.15. The largest absolute Gasteiger partial charge is 0.480 e. The Balaban J connectivity index is 0.000000280. The van der Waals surface area contributed by atoms with Gasteiger partial charge in [0, 0.05) is 17.1 Å². The lowest BCUT2D eigenvalue weighted by Gasteiger charge is -2.16. The van der Waals surface area contributed by atoms with Crippen LogP contribution >= 0.6 is 0 Å². The first-order chi connectivity index (χ1) is 14.7. The molecule has 0 bridgehead atoms. The van der Waals surface area contributed by atoms with Crippen molar-refractivity contribution < 1.29 is 29.4 Å². The molecule has 0 fully saturated rings. The fourth-order valence-electron chi connectivity index (χ4n) is 2.53. The summed E-state index contributed by atoms with van der Waals surface area (Å²) in [6, 6.07) is 5.26. The molecular weight excluding hydrogens is 408 g/mol. The van der Waals surface area contributed by atoms with Crippen LogP contribution in [0.15, 0.2) is 35.0 Å². The maximum absolute atomic E-state index is 11.5. The molecule has 0 saturated carbocycles. The lowest BCUT2D eigenvalue weighted by molar-refractivity contribution is -0.141. The van der Waals surface area contributed by atoms with Gasteiger partial charge in [0.15, 0.2) is 11.9 Å². The molecular formula is C19H26N6O6. The van der Waals surface area contributed by atoms with Crippen LogP contribution < -0.4 is 16.4 Å². The summed E-state index contributed by atoms with van der Waals surface area (Å²) < 4.78 is 4.78. The Hall–Kier alpha value is -3.48. The third-order valence-electron chi connectivity index (χ3n) is 4.24. The predicted octanol–water partition coefficient (Wildman–Crippen LogP) is 0.171. The number of aliphatic hydroxyl groups is 2. The third-order valence-corrected chi connectivity index (χ3v) is 4.24. The SMILES string of the molecule is CC(O)C(NC(=O)NCc1nc([C@@H](N)CO)no1)C(=O)O.Cc1c[nH]c2ccccc12. The number of nitrogens with zero attached hydrogens (tertiary/aromatic N) is 2. The summed E-state index contributed by atoms with van der Waals surface area (Å²) in [6.45, 7) is 2.82. The van der Waals surface area contributed by atoms with Crippen LogP contribution in [0.3, 0.4) is 0 Å². The number of aryl methyl sites for hydroxylation is 1. The Morgan fingerprint density at radius 3 is 2.65 bits per heavy atom. The zero-order valence-corrected chi connectivity index (χ0v) is 17.1. The van der Waals surface area contributed by atoms with Gasteiger partial charge in [-0.3, -0.25) is 0 Å². The van der Waals surface area contributed by atoms with Crippen LogP contribution in [0, 0.1) is 6.92 Å².